The molecule has 274 valence electrons. The second-order valence-electron chi connectivity index (χ2n) is 13.5. The van der Waals surface area contributed by atoms with E-state index in [1.54, 1.807) is 40.7 Å². The van der Waals surface area contributed by atoms with E-state index in [2.05, 4.69) is 6.92 Å². The molecule has 12 heteroatoms. The molecule has 1 heterocycles. The van der Waals surface area contributed by atoms with Crippen molar-refractivity contribution in [3.8, 4) is 0 Å². The van der Waals surface area contributed by atoms with Crippen molar-refractivity contribution in [1.82, 2.24) is 0 Å². The number of esters is 5. The Balaban J connectivity index is 3.72. The van der Waals surface area contributed by atoms with Crippen LogP contribution in [0.4, 0.5) is 0 Å². The van der Waals surface area contributed by atoms with E-state index in [1.165, 1.54) is 27.7 Å². The highest BCUT2D eigenvalue weighted by Gasteiger charge is 2.70. The Kier molecular flexibility index (Phi) is 16.5. The molecular formula is C36H58O12. The molecule has 0 aromatic heterocycles. The Morgan fingerprint density at radius 1 is 0.917 bits per heavy atom. The van der Waals surface area contributed by atoms with E-state index < -0.39 is 71.1 Å². The van der Waals surface area contributed by atoms with Crippen LogP contribution in [0, 0.1) is 0 Å². The molecule has 1 saturated heterocycles. The van der Waals surface area contributed by atoms with Gasteiger partial charge in [-0.3, -0.25) is 14.4 Å². The normalized spacial score (nSPS) is 23.7. The van der Waals surface area contributed by atoms with Crippen LogP contribution in [0.2, 0.25) is 0 Å². The standard InChI is InChI=1S/C36H58O12/c1-12-15-16-17-18-20-29(39)44-25(7)30(46-32(40)22(4)14-3)23(5)24(6)31-36(43,35(11,42)33(41)47-31)27(45-28(38)19-13-2)21-34(9,10)48-26(8)37/h14,25,27,30-31,42-43H,12-13,15-21H2,1-11H3/b22-14-,24-23+/t25-,27-,30-,31-,35+,36+/m0/s1. The highest BCUT2D eigenvalue weighted by atomic mass is 16.6. The molecule has 0 bridgehead atoms. The molecule has 48 heavy (non-hydrogen) atoms. The summed E-state index contributed by atoms with van der Waals surface area (Å²) < 4.78 is 28.3. The summed E-state index contributed by atoms with van der Waals surface area (Å²) in [6.45, 7) is 17.0. The average molecular weight is 683 g/mol. The van der Waals surface area contributed by atoms with Crippen molar-refractivity contribution in [3.05, 3.63) is 22.8 Å². The van der Waals surface area contributed by atoms with Gasteiger partial charge in [0, 0.05) is 31.8 Å². The maximum absolute atomic E-state index is 13.2. The first-order valence-corrected chi connectivity index (χ1v) is 16.9. The van der Waals surface area contributed by atoms with Gasteiger partial charge in [-0.15, -0.1) is 0 Å². The lowest BCUT2D eigenvalue weighted by Gasteiger charge is -2.43. The molecule has 0 unspecified atom stereocenters. The van der Waals surface area contributed by atoms with Gasteiger partial charge in [0.2, 0.25) is 0 Å². The minimum absolute atomic E-state index is 0.0279. The Bertz CT molecular complexity index is 1210. The van der Waals surface area contributed by atoms with Gasteiger partial charge in [0.05, 0.1) is 0 Å². The van der Waals surface area contributed by atoms with Crippen molar-refractivity contribution < 1.29 is 57.9 Å². The molecule has 1 fully saturated rings. The molecule has 2 N–H and O–H groups in total. The van der Waals surface area contributed by atoms with Crippen LogP contribution >= 0.6 is 0 Å². The second-order valence-corrected chi connectivity index (χ2v) is 13.5. The van der Waals surface area contributed by atoms with E-state index in [1.807, 2.05) is 0 Å². The summed E-state index contributed by atoms with van der Waals surface area (Å²) in [5.41, 5.74) is -5.82. The third kappa shape index (κ3) is 11.1. The SMILES string of the molecule is C/C=C(/C)C(=O)O[C@@H](/C(C)=C(\C)[C@@H]1OC(=O)[C@@](C)(O)[C@@]1(O)[C@H](CC(C)(C)OC(C)=O)OC(=O)CCC)[C@H](C)OC(=O)CCCCCCC. The molecule has 0 radical (unpaired) electrons. The molecule has 1 aliphatic rings. The summed E-state index contributed by atoms with van der Waals surface area (Å²) >= 11 is 0. The third-order valence-corrected chi connectivity index (χ3v) is 8.78. The molecule has 1 aliphatic heterocycles. The Morgan fingerprint density at radius 2 is 1.50 bits per heavy atom. The van der Waals surface area contributed by atoms with Gasteiger partial charge in [-0.05, 0) is 79.4 Å². The molecule has 0 aromatic carbocycles. The Morgan fingerprint density at radius 3 is 2.04 bits per heavy atom. The van der Waals surface area contributed by atoms with Crippen LogP contribution in [0.3, 0.4) is 0 Å². The number of unbranched alkanes of at least 4 members (excludes halogenated alkanes) is 4. The van der Waals surface area contributed by atoms with Gasteiger partial charge >= 0.3 is 29.8 Å². The van der Waals surface area contributed by atoms with Crippen LogP contribution in [-0.4, -0.2) is 81.3 Å². The third-order valence-electron chi connectivity index (χ3n) is 8.78. The van der Waals surface area contributed by atoms with Crippen LogP contribution in [0.1, 0.15) is 134 Å². The zero-order valence-corrected chi connectivity index (χ0v) is 30.7. The van der Waals surface area contributed by atoms with Crippen molar-refractivity contribution in [3.63, 3.8) is 0 Å². The van der Waals surface area contributed by atoms with Crippen molar-refractivity contribution >= 4 is 29.8 Å². The number of rotatable bonds is 19. The first-order valence-electron chi connectivity index (χ1n) is 16.9. The molecule has 0 aliphatic carbocycles. The summed E-state index contributed by atoms with van der Waals surface area (Å²) in [4.78, 5) is 63.7. The largest absolute Gasteiger partial charge is 0.460 e. The minimum Gasteiger partial charge on any atom is -0.460 e. The predicted molar refractivity (Wildman–Crippen MR) is 177 cm³/mol. The van der Waals surface area contributed by atoms with Crippen LogP contribution in [0.25, 0.3) is 0 Å². The van der Waals surface area contributed by atoms with E-state index >= 15 is 0 Å². The maximum Gasteiger partial charge on any atom is 0.341 e. The van der Waals surface area contributed by atoms with Crippen molar-refractivity contribution in [2.75, 3.05) is 0 Å². The van der Waals surface area contributed by atoms with Gasteiger partial charge in [-0.2, -0.15) is 0 Å². The summed E-state index contributed by atoms with van der Waals surface area (Å²) in [6.07, 6.45) is 1.03. The second kappa shape index (κ2) is 18.5. The molecule has 0 amide bonds. The van der Waals surface area contributed by atoms with Crippen LogP contribution in [-0.2, 0) is 47.7 Å². The molecule has 1 rings (SSSR count). The fourth-order valence-corrected chi connectivity index (χ4v) is 5.71. The first-order chi connectivity index (χ1) is 22.2. The van der Waals surface area contributed by atoms with Gasteiger partial charge in [0.25, 0.3) is 0 Å². The lowest BCUT2D eigenvalue weighted by molar-refractivity contribution is -0.213. The van der Waals surface area contributed by atoms with Crippen LogP contribution in [0.5, 0.6) is 0 Å². The quantitative estimate of drug-likeness (QED) is 0.0590. The maximum atomic E-state index is 13.2. The minimum atomic E-state index is -2.61. The highest BCUT2D eigenvalue weighted by molar-refractivity contribution is 5.88. The van der Waals surface area contributed by atoms with Gasteiger partial charge in [0.15, 0.2) is 23.4 Å². The van der Waals surface area contributed by atoms with E-state index in [9.17, 15) is 34.2 Å². The number of cyclic esters (lactones) is 1. The summed E-state index contributed by atoms with van der Waals surface area (Å²) in [5.74, 6) is -3.70. The van der Waals surface area contributed by atoms with E-state index in [-0.39, 0.29) is 30.4 Å². The van der Waals surface area contributed by atoms with E-state index in [4.69, 9.17) is 23.7 Å². The number of aliphatic hydroxyl groups is 2. The summed E-state index contributed by atoms with van der Waals surface area (Å²) in [5, 5.41) is 23.9. The molecule has 0 saturated carbocycles. The highest BCUT2D eigenvalue weighted by Crippen LogP contribution is 2.46. The summed E-state index contributed by atoms with van der Waals surface area (Å²) in [6, 6.07) is 0. The predicted octanol–water partition coefficient (Wildman–Crippen LogP) is 5.34. The molecule has 6 atom stereocenters. The summed E-state index contributed by atoms with van der Waals surface area (Å²) in [7, 11) is 0. The van der Waals surface area contributed by atoms with Crippen molar-refractivity contribution in [1.29, 1.82) is 0 Å². The number of carbonyl (C=O) groups excluding carboxylic acids is 5. The zero-order valence-electron chi connectivity index (χ0n) is 30.7. The smallest absolute Gasteiger partial charge is 0.341 e. The van der Waals surface area contributed by atoms with Gasteiger partial charge in [-0.25, -0.2) is 9.59 Å². The molecule has 12 nitrogen and oxygen atoms in total. The number of allylic oxidation sites excluding steroid dienone is 1. The number of ether oxygens (including phenoxy) is 5. The van der Waals surface area contributed by atoms with Gasteiger partial charge in [0.1, 0.15) is 17.8 Å². The Hall–Kier alpha value is -3.25. The average Bonchev–Trinajstić information content (AvgIpc) is 3.17. The lowest BCUT2D eigenvalue weighted by Crippen LogP contribution is -2.65. The molecule has 0 aromatic rings. The van der Waals surface area contributed by atoms with Crippen molar-refractivity contribution in [2.45, 2.75) is 175 Å². The lowest BCUT2D eigenvalue weighted by atomic mass is 9.72. The van der Waals surface area contributed by atoms with Gasteiger partial charge in [-0.1, -0.05) is 45.6 Å². The topological polar surface area (TPSA) is 172 Å². The molecule has 0 spiro atoms. The van der Waals surface area contributed by atoms with Crippen LogP contribution < -0.4 is 0 Å². The first kappa shape index (κ1) is 42.8. The van der Waals surface area contributed by atoms with Crippen molar-refractivity contribution in [2.24, 2.45) is 0 Å². The fraction of sp³-hybridized carbons (Fsp3) is 0.750. The van der Waals surface area contributed by atoms with Crippen LogP contribution in [0.15, 0.2) is 22.8 Å². The van der Waals surface area contributed by atoms with E-state index in [0.29, 0.717) is 18.4 Å². The van der Waals surface area contributed by atoms with E-state index in [0.717, 1.165) is 32.6 Å². The monoisotopic (exact) mass is 682 g/mol. The fourth-order valence-electron chi connectivity index (χ4n) is 5.71. The number of hydrogen-bond donors (Lipinski definition) is 2. The number of hydrogen-bond acceptors (Lipinski definition) is 12. The van der Waals surface area contributed by atoms with Gasteiger partial charge < -0.3 is 33.9 Å². The Labute approximate surface area is 285 Å². The molecular weight excluding hydrogens is 624 g/mol. The zero-order chi connectivity index (χ0) is 37.0. The number of carbonyl (C=O) groups is 5.